The van der Waals surface area contributed by atoms with Gasteiger partial charge in [-0.3, -0.25) is 0 Å². The molecule has 1 N–H and O–H groups in total. The minimum absolute atomic E-state index is 0.217. The summed E-state index contributed by atoms with van der Waals surface area (Å²) in [5, 5.41) is 11.9. The molecule has 1 aromatic heterocycles. The van der Waals surface area contributed by atoms with Crippen LogP contribution in [0.1, 0.15) is 0 Å². The quantitative estimate of drug-likeness (QED) is 0.791. The van der Waals surface area contributed by atoms with Crippen molar-refractivity contribution in [1.29, 1.82) is 0 Å². The van der Waals surface area contributed by atoms with Gasteiger partial charge in [0.15, 0.2) is 5.06 Å². The summed E-state index contributed by atoms with van der Waals surface area (Å²) in [5.41, 5.74) is 0. The highest BCUT2D eigenvalue weighted by atomic mass is 32.1. The van der Waals surface area contributed by atoms with E-state index in [0.29, 0.717) is 5.75 Å². The molecule has 2 nitrogen and oxygen atoms in total. The molecule has 3 heteroatoms. The number of hydrogen-bond donors (Lipinski definition) is 1. The van der Waals surface area contributed by atoms with Gasteiger partial charge >= 0.3 is 0 Å². The van der Waals surface area contributed by atoms with E-state index in [1.165, 1.54) is 11.3 Å². The Bertz CT molecular complexity index is 382. The highest BCUT2D eigenvalue weighted by Gasteiger charge is 1.97. The summed E-state index contributed by atoms with van der Waals surface area (Å²) >= 11 is 1.52. The molecular weight excluding hydrogens is 184 g/mol. The minimum atomic E-state index is 0.217. The van der Waals surface area contributed by atoms with Gasteiger partial charge in [0.25, 0.3) is 0 Å². The maximum absolute atomic E-state index is 9.17. The van der Waals surface area contributed by atoms with Crippen LogP contribution in [0.4, 0.5) is 0 Å². The van der Waals surface area contributed by atoms with Crippen molar-refractivity contribution >= 4 is 11.3 Å². The van der Waals surface area contributed by atoms with Gasteiger partial charge in [-0.25, -0.2) is 0 Å². The van der Waals surface area contributed by atoms with Crippen LogP contribution in [-0.4, -0.2) is 5.11 Å². The van der Waals surface area contributed by atoms with Crippen molar-refractivity contribution in [3.63, 3.8) is 0 Å². The molecule has 66 valence electrons. The zero-order chi connectivity index (χ0) is 9.10. The Kier molecular flexibility index (Phi) is 2.19. The third kappa shape index (κ3) is 2.00. The second-order valence-electron chi connectivity index (χ2n) is 2.53. The molecule has 13 heavy (non-hydrogen) atoms. The molecule has 0 unspecified atom stereocenters. The van der Waals surface area contributed by atoms with E-state index in [4.69, 9.17) is 9.84 Å². The normalized spacial score (nSPS) is 9.85. The highest BCUT2D eigenvalue weighted by Crippen LogP contribution is 2.27. The van der Waals surface area contributed by atoms with E-state index in [2.05, 4.69) is 0 Å². The van der Waals surface area contributed by atoms with E-state index in [1.54, 1.807) is 24.3 Å². The van der Waals surface area contributed by atoms with Gasteiger partial charge in [-0.2, -0.15) is 0 Å². The standard InChI is InChI=1S/C10H8O2S/c11-8-3-1-4-9(7-8)12-10-5-2-6-13-10/h1-7,11H. The third-order valence-electron chi connectivity index (χ3n) is 1.53. The largest absolute Gasteiger partial charge is 0.508 e. The molecule has 0 amide bonds. The maximum Gasteiger partial charge on any atom is 0.180 e. The van der Waals surface area contributed by atoms with Gasteiger partial charge in [0, 0.05) is 6.07 Å². The third-order valence-corrected chi connectivity index (χ3v) is 2.28. The Hall–Kier alpha value is -1.48. The van der Waals surface area contributed by atoms with Crippen molar-refractivity contribution in [2.24, 2.45) is 0 Å². The summed E-state index contributed by atoms with van der Waals surface area (Å²) in [7, 11) is 0. The molecule has 0 spiro atoms. The minimum Gasteiger partial charge on any atom is -0.508 e. The second-order valence-corrected chi connectivity index (χ2v) is 3.44. The van der Waals surface area contributed by atoms with Crippen molar-refractivity contribution in [3.05, 3.63) is 41.8 Å². The fourth-order valence-corrected chi connectivity index (χ4v) is 1.58. The number of ether oxygens (including phenoxy) is 1. The molecule has 0 atom stereocenters. The predicted molar refractivity (Wildman–Crippen MR) is 52.5 cm³/mol. The van der Waals surface area contributed by atoms with Gasteiger partial charge < -0.3 is 9.84 Å². The summed E-state index contributed by atoms with van der Waals surface area (Å²) in [6.07, 6.45) is 0. The van der Waals surface area contributed by atoms with Crippen molar-refractivity contribution in [2.45, 2.75) is 0 Å². The van der Waals surface area contributed by atoms with Crippen LogP contribution in [-0.2, 0) is 0 Å². The molecule has 0 bridgehead atoms. The van der Waals surface area contributed by atoms with E-state index >= 15 is 0 Å². The fourth-order valence-electron chi connectivity index (χ4n) is 0.985. The molecular formula is C10H8O2S. The van der Waals surface area contributed by atoms with Gasteiger partial charge in [0.1, 0.15) is 11.5 Å². The zero-order valence-electron chi connectivity index (χ0n) is 6.81. The lowest BCUT2D eigenvalue weighted by molar-refractivity contribution is 0.460. The van der Waals surface area contributed by atoms with Crippen LogP contribution in [0.5, 0.6) is 16.6 Å². The van der Waals surface area contributed by atoms with Crippen LogP contribution in [0.25, 0.3) is 0 Å². The van der Waals surface area contributed by atoms with Crippen LogP contribution in [0.3, 0.4) is 0 Å². The second kappa shape index (κ2) is 3.49. The average molecular weight is 192 g/mol. The molecule has 2 aromatic rings. The molecule has 0 fully saturated rings. The Morgan fingerprint density at radius 2 is 2.08 bits per heavy atom. The first-order chi connectivity index (χ1) is 6.34. The number of hydrogen-bond acceptors (Lipinski definition) is 3. The highest BCUT2D eigenvalue weighted by molar-refractivity contribution is 7.11. The van der Waals surface area contributed by atoms with Crippen molar-refractivity contribution in [3.8, 4) is 16.6 Å². The molecule has 1 aromatic carbocycles. The molecule has 0 aliphatic heterocycles. The van der Waals surface area contributed by atoms with Gasteiger partial charge in [0.05, 0.1) is 0 Å². The van der Waals surface area contributed by atoms with Crippen molar-refractivity contribution < 1.29 is 9.84 Å². The molecule has 0 saturated heterocycles. The first kappa shape index (κ1) is 8.13. The van der Waals surface area contributed by atoms with E-state index in [9.17, 15) is 0 Å². The maximum atomic E-state index is 9.17. The summed E-state index contributed by atoms with van der Waals surface area (Å²) in [6, 6.07) is 10.6. The molecule has 0 saturated carbocycles. The summed E-state index contributed by atoms with van der Waals surface area (Å²) < 4.78 is 5.46. The van der Waals surface area contributed by atoms with Crippen LogP contribution in [0.2, 0.25) is 0 Å². The number of phenolic OH excluding ortho intramolecular Hbond substituents is 1. The van der Waals surface area contributed by atoms with Gasteiger partial charge in [-0.1, -0.05) is 6.07 Å². The van der Waals surface area contributed by atoms with Crippen molar-refractivity contribution in [2.75, 3.05) is 0 Å². The van der Waals surface area contributed by atoms with Gasteiger partial charge in [-0.15, -0.1) is 11.3 Å². The van der Waals surface area contributed by atoms with Crippen LogP contribution in [0, 0.1) is 0 Å². The fraction of sp³-hybridized carbons (Fsp3) is 0. The first-order valence-electron chi connectivity index (χ1n) is 3.85. The Balaban J connectivity index is 2.19. The monoisotopic (exact) mass is 192 g/mol. The lowest BCUT2D eigenvalue weighted by Crippen LogP contribution is -1.78. The average Bonchev–Trinajstić information content (AvgIpc) is 2.57. The van der Waals surface area contributed by atoms with E-state index in [-0.39, 0.29) is 5.75 Å². The Morgan fingerprint density at radius 3 is 2.77 bits per heavy atom. The Morgan fingerprint density at radius 1 is 1.15 bits per heavy atom. The Labute approximate surface area is 80.0 Å². The topological polar surface area (TPSA) is 29.5 Å². The number of thiophene rings is 1. The summed E-state index contributed by atoms with van der Waals surface area (Å²) in [6.45, 7) is 0. The van der Waals surface area contributed by atoms with E-state index in [0.717, 1.165) is 5.06 Å². The zero-order valence-corrected chi connectivity index (χ0v) is 7.62. The van der Waals surface area contributed by atoms with Crippen molar-refractivity contribution in [1.82, 2.24) is 0 Å². The predicted octanol–water partition coefficient (Wildman–Crippen LogP) is 3.25. The van der Waals surface area contributed by atoms with Crippen LogP contribution in [0.15, 0.2) is 41.8 Å². The number of phenols is 1. The summed E-state index contributed by atoms with van der Waals surface area (Å²) in [5.74, 6) is 0.872. The number of rotatable bonds is 2. The number of aromatic hydroxyl groups is 1. The van der Waals surface area contributed by atoms with Crippen LogP contribution < -0.4 is 4.74 Å². The molecule has 0 radical (unpaired) electrons. The molecule has 1 heterocycles. The lowest BCUT2D eigenvalue weighted by Gasteiger charge is -2.01. The van der Waals surface area contributed by atoms with Gasteiger partial charge in [-0.05, 0) is 29.6 Å². The van der Waals surface area contributed by atoms with Gasteiger partial charge in [0.2, 0.25) is 0 Å². The first-order valence-corrected chi connectivity index (χ1v) is 4.73. The molecule has 2 rings (SSSR count). The van der Waals surface area contributed by atoms with E-state index in [1.807, 2.05) is 17.5 Å². The number of benzene rings is 1. The van der Waals surface area contributed by atoms with Crippen LogP contribution >= 0.6 is 11.3 Å². The molecule has 0 aliphatic carbocycles. The van der Waals surface area contributed by atoms with E-state index < -0.39 is 0 Å². The SMILES string of the molecule is Oc1cccc(Oc2cccs2)c1. The lowest BCUT2D eigenvalue weighted by atomic mass is 10.3. The molecule has 0 aliphatic rings. The smallest absolute Gasteiger partial charge is 0.180 e. The summed E-state index contributed by atoms with van der Waals surface area (Å²) in [4.78, 5) is 0.